The van der Waals surface area contributed by atoms with Crippen molar-refractivity contribution in [1.82, 2.24) is 14.9 Å². The van der Waals surface area contributed by atoms with Crippen LogP contribution in [0.2, 0.25) is 0 Å². The average Bonchev–Trinajstić information content (AvgIpc) is 3.21. The van der Waals surface area contributed by atoms with Gasteiger partial charge in [0.2, 0.25) is 0 Å². The van der Waals surface area contributed by atoms with Crippen molar-refractivity contribution >= 4 is 22.9 Å². The molecule has 7 heteroatoms. The van der Waals surface area contributed by atoms with Crippen molar-refractivity contribution in [2.75, 3.05) is 7.11 Å². The fourth-order valence-corrected chi connectivity index (χ4v) is 4.70. The summed E-state index contributed by atoms with van der Waals surface area (Å²) < 4.78 is 12.9. The van der Waals surface area contributed by atoms with E-state index in [2.05, 4.69) is 54.9 Å². The number of nitrogens with one attached hydrogen (secondary N) is 1. The van der Waals surface area contributed by atoms with Crippen molar-refractivity contribution in [1.29, 1.82) is 0 Å². The largest absolute Gasteiger partial charge is 0.476 e. The molecule has 1 heterocycles. The molecule has 3 aromatic carbocycles. The van der Waals surface area contributed by atoms with E-state index in [1.165, 1.54) is 12.7 Å². The molecule has 210 valence electrons. The quantitative estimate of drug-likeness (QED) is 0.257. The van der Waals surface area contributed by atoms with Gasteiger partial charge in [-0.1, -0.05) is 57.2 Å². The second kappa shape index (κ2) is 11.2. The molecule has 0 bridgehead atoms. The van der Waals surface area contributed by atoms with Gasteiger partial charge in [-0.05, 0) is 80.1 Å². The summed E-state index contributed by atoms with van der Waals surface area (Å²) in [4.78, 5) is 29.9. The first-order valence-electron chi connectivity index (χ1n) is 13.5. The second-order valence-corrected chi connectivity index (χ2v) is 11.8. The van der Waals surface area contributed by atoms with E-state index in [0.717, 1.165) is 28.0 Å². The molecular weight excluding hydrogens is 502 g/mol. The number of rotatable bonds is 8. The zero-order valence-electron chi connectivity index (χ0n) is 24.7. The third-order valence-electron chi connectivity index (χ3n) is 7.11. The fourth-order valence-electron chi connectivity index (χ4n) is 4.70. The summed E-state index contributed by atoms with van der Waals surface area (Å²) in [5, 5.41) is 3.11. The molecule has 0 aliphatic heterocycles. The first-order chi connectivity index (χ1) is 18.8. The molecule has 0 radical (unpaired) electrons. The zero-order chi connectivity index (χ0) is 29.2. The molecule has 0 fully saturated rings. The number of amides is 1. The Kier molecular flexibility index (Phi) is 8.05. The maximum absolute atomic E-state index is 13.1. The van der Waals surface area contributed by atoms with Crippen molar-refractivity contribution in [2.24, 2.45) is 0 Å². The third-order valence-corrected chi connectivity index (χ3v) is 7.11. The lowest BCUT2D eigenvalue weighted by Crippen LogP contribution is -2.39. The Morgan fingerprint density at radius 3 is 2.33 bits per heavy atom. The number of carbonyl (C=O) groups is 2. The number of ether oxygens (including phenoxy) is 2. The van der Waals surface area contributed by atoms with E-state index in [0.29, 0.717) is 17.9 Å². The van der Waals surface area contributed by atoms with Gasteiger partial charge >= 0.3 is 5.97 Å². The van der Waals surface area contributed by atoms with Gasteiger partial charge in [-0.25, -0.2) is 9.78 Å². The van der Waals surface area contributed by atoms with E-state index in [1.54, 1.807) is 13.8 Å². The number of esters is 1. The van der Waals surface area contributed by atoms with Crippen LogP contribution in [0.3, 0.4) is 0 Å². The lowest BCUT2D eigenvalue weighted by molar-refractivity contribution is -0.156. The van der Waals surface area contributed by atoms with Gasteiger partial charge in [0.15, 0.2) is 5.60 Å². The summed E-state index contributed by atoms with van der Waals surface area (Å²) in [6.07, 6.45) is 0. The van der Waals surface area contributed by atoms with Crippen molar-refractivity contribution < 1.29 is 19.1 Å². The normalized spacial score (nSPS) is 12.7. The number of carbonyl (C=O) groups excluding carboxylic acids is 2. The number of benzene rings is 3. The third kappa shape index (κ3) is 6.36. The van der Waals surface area contributed by atoms with Crippen LogP contribution in [0, 0.1) is 6.92 Å². The van der Waals surface area contributed by atoms with E-state index in [1.807, 2.05) is 56.3 Å². The van der Waals surface area contributed by atoms with E-state index in [-0.39, 0.29) is 17.4 Å². The summed E-state index contributed by atoms with van der Waals surface area (Å²) in [7, 11) is 1.35. The molecule has 1 atom stereocenters. The SMILES string of the molecule is COC(=O)C(C)(C)Oc1cccc(Cn2c(C)nc3cc(C(=O)N[C@@H](C)c4ccc(C(C)(C)C)cc4)ccc32)c1. The maximum Gasteiger partial charge on any atom is 0.349 e. The first kappa shape index (κ1) is 28.9. The molecule has 1 aromatic heterocycles. The summed E-state index contributed by atoms with van der Waals surface area (Å²) >= 11 is 0. The molecule has 0 saturated carbocycles. The Balaban J connectivity index is 1.50. The molecule has 0 spiro atoms. The number of aryl methyl sites for hydroxylation is 1. The van der Waals surface area contributed by atoms with Crippen LogP contribution in [0.1, 0.15) is 80.5 Å². The van der Waals surface area contributed by atoms with Crippen molar-refractivity contribution in [2.45, 2.75) is 72.1 Å². The molecule has 4 aromatic rings. The lowest BCUT2D eigenvalue weighted by atomic mass is 9.86. The van der Waals surface area contributed by atoms with Gasteiger partial charge < -0.3 is 19.4 Å². The standard InChI is InChI=1S/C33H39N3O4/c1-21(24-12-15-26(16-13-24)32(3,4)5)34-30(37)25-14-17-29-28(19-25)35-22(2)36(29)20-23-10-9-11-27(18-23)40-33(6,7)31(38)39-8/h9-19,21H,20H2,1-8H3,(H,34,37)/t21-/m0/s1. The summed E-state index contributed by atoms with van der Waals surface area (Å²) in [6, 6.07) is 21.5. The molecule has 4 rings (SSSR count). The van der Waals surface area contributed by atoms with E-state index < -0.39 is 11.6 Å². The van der Waals surface area contributed by atoms with Crippen molar-refractivity contribution in [3.63, 3.8) is 0 Å². The van der Waals surface area contributed by atoms with Gasteiger partial charge in [-0.3, -0.25) is 4.79 Å². The molecule has 0 aliphatic carbocycles. The molecule has 0 aliphatic rings. The lowest BCUT2D eigenvalue weighted by Gasteiger charge is -2.23. The van der Waals surface area contributed by atoms with Crippen molar-refractivity contribution in [3.05, 3.63) is 94.8 Å². The van der Waals surface area contributed by atoms with Gasteiger partial charge in [-0.15, -0.1) is 0 Å². The Morgan fingerprint density at radius 1 is 0.975 bits per heavy atom. The van der Waals surface area contributed by atoms with Crippen LogP contribution in [0.4, 0.5) is 0 Å². The topological polar surface area (TPSA) is 82.5 Å². The molecule has 1 amide bonds. The van der Waals surface area contributed by atoms with Gasteiger partial charge in [0, 0.05) is 12.1 Å². The molecular formula is C33H39N3O4. The average molecular weight is 542 g/mol. The molecule has 40 heavy (non-hydrogen) atoms. The number of methoxy groups -OCH3 is 1. The Labute approximate surface area is 236 Å². The zero-order valence-corrected chi connectivity index (χ0v) is 24.7. The monoisotopic (exact) mass is 541 g/mol. The highest BCUT2D eigenvalue weighted by atomic mass is 16.6. The van der Waals surface area contributed by atoms with Gasteiger partial charge in [0.05, 0.1) is 24.2 Å². The van der Waals surface area contributed by atoms with Crippen LogP contribution in [0.15, 0.2) is 66.7 Å². The predicted octanol–water partition coefficient (Wildman–Crippen LogP) is 6.51. The molecule has 7 nitrogen and oxygen atoms in total. The predicted molar refractivity (Wildman–Crippen MR) is 158 cm³/mol. The molecule has 1 N–H and O–H groups in total. The highest BCUT2D eigenvalue weighted by molar-refractivity contribution is 5.97. The van der Waals surface area contributed by atoms with Crippen LogP contribution in [-0.4, -0.2) is 34.1 Å². The molecule has 0 unspecified atom stereocenters. The van der Waals surface area contributed by atoms with Crippen molar-refractivity contribution in [3.8, 4) is 5.75 Å². The van der Waals surface area contributed by atoms with Crippen LogP contribution in [0.25, 0.3) is 11.0 Å². The Hall–Kier alpha value is -4.13. The van der Waals surface area contributed by atoms with Gasteiger partial charge in [-0.2, -0.15) is 0 Å². The van der Waals surface area contributed by atoms with Gasteiger partial charge in [0.25, 0.3) is 5.91 Å². The number of aromatic nitrogens is 2. The summed E-state index contributed by atoms with van der Waals surface area (Å²) in [5.74, 6) is 0.832. The highest BCUT2D eigenvalue weighted by Gasteiger charge is 2.31. The van der Waals surface area contributed by atoms with E-state index >= 15 is 0 Å². The van der Waals surface area contributed by atoms with Crippen LogP contribution in [-0.2, 0) is 21.5 Å². The van der Waals surface area contributed by atoms with Crippen LogP contribution >= 0.6 is 0 Å². The first-order valence-corrected chi connectivity index (χ1v) is 13.5. The van der Waals surface area contributed by atoms with Crippen LogP contribution < -0.4 is 10.1 Å². The second-order valence-electron chi connectivity index (χ2n) is 11.8. The fraction of sp³-hybridized carbons (Fsp3) is 0.364. The maximum atomic E-state index is 13.1. The smallest absolute Gasteiger partial charge is 0.349 e. The van der Waals surface area contributed by atoms with E-state index in [9.17, 15) is 9.59 Å². The number of imidazole rings is 1. The highest BCUT2D eigenvalue weighted by Crippen LogP contribution is 2.26. The number of hydrogen-bond acceptors (Lipinski definition) is 5. The number of nitrogens with zero attached hydrogens (tertiary/aromatic N) is 2. The summed E-state index contributed by atoms with van der Waals surface area (Å²) in [5.41, 5.74) is 4.55. The number of fused-ring (bicyclic) bond motifs is 1. The Morgan fingerprint density at radius 2 is 1.68 bits per heavy atom. The van der Waals surface area contributed by atoms with Gasteiger partial charge in [0.1, 0.15) is 11.6 Å². The minimum Gasteiger partial charge on any atom is -0.476 e. The van der Waals surface area contributed by atoms with Crippen LogP contribution in [0.5, 0.6) is 5.75 Å². The van der Waals surface area contributed by atoms with E-state index in [4.69, 9.17) is 14.5 Å². The minimum absolute atomic E-state index is 0.0833. The molecule has 0 saturated heterocycles. The minimum atomic E-state index is -1.10. The Bertz CT molecular complexity index is 1530. The summed E-state index contributed by atoms with van der Waals surface area (Å²) in [6.45, 7) is 14.4. The number of hydrogen-bond donors (Lipinski definition) is 1.